The first-order valence-electron chi connectivity index (χ1n) is 6.86. The van der Waals surface area contributed by atoms with E-state index in [1.165, 1.54) is 0 Å². The standard InChI is InChI=1S/C15H16N2O3/c16-9-15(7-2-1-3-8-15)17-14(18)11-5-4-6-12-13(11)20-10-19-12/h4-6H,1-3,7-8,10H2,(H,17,18). The summed E-state index contributed by atoms with van der Waals surface area (Å²) in [4.78, 5) is 12.4. The average molecular weight is 272 g/mol. The Kier molecular flexibility index (Phi) is 3.23. The molecular weight excluding hydrogens is 256 g/mol. The lowest BCUT2D eigenvalue weighted by atomic mass is 9.82. The Bertz CT molecular complexity index is 571. The molecule has 0 saturated heterocycles. The molecule has 2 aliphatic rings. The van der Waals surface area contributed by atoms with Gasteiger partial charge in [-0.3, -0.25) is 4.79 Å². The van der Waals surface area contributed by atoms with Crippen LogP contribution < -0.4 is 14.8 Å². The normalized spacial score (nSPS) is 19.1. The summed E-state index contributed by atoms with van der Waals surface area (Å²) in [5.41, 5.74) is -0.308. The summed E-state index contributed by atoms with van der Waals surface area (Å²) >= 11 is 0. The van der Waals surface area contributed by atoms with Crippen molar-refractivity contribution in [2.75, 3.05) is 6.79 Å². The molecule has 1 aliphatic carbocycles. The fraction of sp³-hybridized carbons (Fsp3) is 0.467. The molecule has 1 fully saturated rings. The Morgan fingerprint density at radius 1 is 1.25 bits per heavy atom. The van der Waals surface area contributed by atoms with Gasteiger partial charge in [-0.1, -0.05) is 25.3 Å². The molecule has 1 aliphatic heterocycles. The maximum Gasteiger partial charge on any atom is 0.256 e. The van der Waals surface area contributed by atoms with E-state index in [-0.39, 0.29) is 12.7 Å². The van der Waals surface area contributed by atoms with Gasteiger partial charge in [0.25, 0.3) is 5.91 Å². The van der Waals surface area contributed by atoms with Crippen molar-refractivity contribution in [3.63, 3.8) is 0 Å². The predicted molar refractivity (Wildman–Crippen MR) is 71.5 cm³/mol. The molecule has 0 bridgehead atoms. The van der Waals surface area contributed by atoms with E-state index in [1.807, 2.05) is 0 Å². The Hall–Kier alpha value is -2.22. The van der Waals surface area contributed by atoms with Crippen LogP contribution in [0.4, 0.5) is 0 Å². The number of rotatable bonds is 2. The van der Waals surface area contributed by atoms with Gasteiger partial charge in [0.05, 0.1) is 11.6 Å². The number of carbonyl (C=O) groups is 1. The van der Waals surface area contributed by atoms with Crippen molar-refractivity contribution in [1.29, 1.82) is 5.26 Å². The number of para-hydroxylation sites is 1. The van der Waals surface area contributed by atoms with Crippen molar-refractivity contribution in [1.82, 2.24) is 5.32 Å². The van der Waals surface area contributed by atoms with Crippen molar-refractivity contribution in [3.05, 3.63) is 23.8 Å². The molecule has 0 radical (unpaired) electrons. The van der Waals surface area contributed by atoms with Gasteiger partial charge in [-0.15, -0.1) is 0 Å². The smallest absolute Gasteiger partial charge is 0.256 e. The van der Waals surface area contributed by atoms with Crippen LogP contribution in [0.3, 0.4) is 0 Å². The number of carbonyl (C=O) groups excluding carboxylic acids is 1. The molecule has 0 unspecified atom stereocenters. The lowest BCUT2D eigenvalue weighted by molar-refractivity contribution is 0.0898. The number of nitriles is 1. The zero-order chi connectivity index (χ0) is 14.0. The van der Waals surface area contributed by atoms with E-state index in [4.69, 9.17) is 9.47 Å². The quantitative estimate of drug-likeness (QED) is 0.897. The number of hydrogen-bond acceptors (Lipinski definition) is 4. The summed E-state index contributed by atoms with van der Waals surface area (Å²) in [5, 5.41) is 12.3. The Labute approximate surface area is 117 Å². The van der Waals surface area contributed by atoms with Gasteiger partial charge in [-0.25, -0.2) is 0 Å². The zero-order valence-corrected chi connectivity index (χ0v) is 11.1. The molecule has 0 atom stereocenters. The van der Waals surface area contributed by atoms with E-state index >= 15 is 0 Å². The highest BCUT2D eigenvalue weighted by Gasteiger charge is 2.35. The third-order valence-corrected chi connectivity index (χ3v) is 3.92. The molecule has 1 heterocycles. The molecular formula is C15H16N2O3. The first-order valence-corrected chi connectivity index (χ1v) is 6.86. The molecule has 1 aromatic rings. The van der Waals surface area contributed by atoms with Gasteiger partial charge in [-0.2, -0.15) is 5.26 Å². The van der Waals surface area contributed by atoms with Gasteiger partial charge in [-0.05, 0) is 25.0 Å². The number of nitrogens with one attached hydrogen (secondary N) is 1. The van der Waals surface area contributed by atoms with Crippen molar-refractivity contribution in [2.45, 2.75) is 37.6 Å². The molecule has 1 aromatic carbocycles. The van der Waals surface area contributed by atoms with Gasteiger partial charge < -0.3 is 14.8 Å². The minimum atomic E-state index is -0.739. The Morgan fingerprint density at radius 3 is 2.80 bits per heavy atom. The second-order valence-electron chi connectivity index (χ2n) is 5.25. The molecule has 1 amide bonds. The molecule has 20 heavy (non-hydrogen) atoms. The van der Waals surface area contributed by atoms with Crippen LogP contribution in [0.1, 0.15) is 42.5 Å². The van der Waals surface area contributed by atoms with E-state index < -0.39 is 5.54 Å². The molecule has 5 heteroatoms. The third-order valence-electron chi connectivity index (χ3n) is 3.92. The molecule has 5 nitrogen and oxygen atoms in total. The van der Waals surface area contributed by atoms with Crippen LogP contribution in [-0.4, -0.2) is 18.2 Å². The van der Waals surface area contributed by atoms with E-state index in [0.717, 1.165) is 19.3 Å². The number of hydrogen-bond donors (Lipinski definition) is 1. The fourth-order valence-corrected chi connectivity index (χ4v) is 2.81. The molecule has 3 rings (SSSR count). The van der Waals surface area contributed by atoms with E-state index in [0.29, 0.717) is 29.9 Å². The lowest BCUT2D eigenvalue weighted by Crippen LogP contribution is -2.48. The zero-order valence-electron chi connectivity index (χ0n) is 11.1. The molecule has 0 aromatic heterocycles. The van der Waals surface area contributed by atoms with E-state index in [9.17, 15) is 10.1 Å². The van der Waals surface area contributed by atoms with Gasteiger partial charge in [0.2, 0.25) is 6.79 Å². The summed E-state index contributed by atoms with van der Waals surface area (Å²) in [6.07, 6.45) is 4.49. The maximum atomic E-state index is 12.4. The highest BCUT2D eigenvalue weighted by molar-refractivity contribution is 5.98. The van der Waals surface area contributed by atoms with Crippen LogP contribution in [0.5, 0.6) is 11.5 Å². The third kappa shape index (κ3) is 2.18. The minimum absolute atomic E-state index is 0.128. The van der Waals surface area contributed by atoms with Crippen molar-refractivity contribution >= 4 is 5.91 Å². The van der Waals surface area contributed by atoms with Gasteiger partial charge >= 0.3 is 0 Å². The molecule has 0 spiro atoms. The Morgan fingerprint density at radius 2 is 2.05 bits per heavy atom. The monoisotopic (exact) mass is 272 g/mol. The van der Waals surface area contributed by atoms with Crippen molar-refractivity contribution < 1.29 is 14.3 Å². The second kappa shape index (κ2) is 5.04. The van der Waals surface area contributed by atoms with E-state index in [2.05, 4.69) is 11.4 Å². The van der Waals surface area contributed by atoms with Crippen LogP contribution in [0.25, 0.3) is 0 Å². The summed E-state index contributed by atoms with van der Waals surface area (Å²) in [5.74, 6) is 0.775. The first-order chi connectivity index (χ1) is 9.74. The number of amides is 1. The first kappa shape index (κ1) is 12.8. The largest absolute Gasteiger partial charge is 0.454 e. The highest BCUT2D eigenvalue weighted by atomic mass is 16.7. The fourth-order valence-electron chi connectivity index (χ4n) is 2.81. The van der Waals surface area contributed by atoms with Crippen molar-refractivity contribution in [3.8, 4) is 17.6 Å². The van der Waals surface area contributed by atoms with Crippen LogP contribution in [-0.2, 0) is 0 Å². The van der Waals surface area contributed by atoms with Crippen LogP contribution in [0, 0.1) is 11.3 Å². The summed E-state index contributed by atoms with van der Waals surface area (Å²) < 4.78 is 10.6. The van der Waals surface area contributed by atoms with Crippen molar-refractivity contribution in [2.24, 2.45) is 0 Å². The lowest BCUT2D eigenvalue weighted by Gasteiger charge is -2.31. The SMILES string of the molecule is N#CC1(NC(=O)c2cccc3c2OCO3)CCCCC1. The topological polar surface area (TPSA) is 71.4 Å². The molecule has 1 saturated carbocycles. The summed E-state index contributed by atoms with van der Waals surface area (Å²) in [6, 6.07) is 7.49. The van der Waals surface area contributed by atoms with Crippen LogP contribution >= 0.6 is 0 Å². The van der Waals surface area contributed by atoms with Crippen LogP contribution in [0.2, 0.25) is 0 Å². The average Bonchev–Trinajstić information content (AvgIpc) is 2.96. The number of ether oxygens (including phenoxy) is 2. The van der Waals surface area contributed by atoms with E-state index in [1.54, 1.807) is 18.2 Å². The maximum absolute atomic E-state index is 12.4. The number of benzene rings is 1. The Balaban J connectivity index is 1.83. The second-order valence-corrected chi connectivity index (χ2v) is 5.25. The number of nitrogens with zero attached hydrogens (tertiary/aromatic N) is 1. The highest BCUT2D eigenvalue weighted by Crippen LogP contribution is 2.36. The van der Waals surface area contributed by atoms with Gasteiger partial charge in [0, 0.05) is 0 Å². The van der Waals surface area contributed by atoms with Gasteiger partial charge in [0.1, 0.15) is 5.54 Å². The predicted octanol–water partition coefficient (Wildman–Crippen LogP) is 2.37. The molecule has 104 valence electrons. The summed E-state index contributed by atoms with van der Waals surface area (Å²) in [6.45, 7) is 0.128. The minimum Gasteiger partial charge on any atom is -0.454 e. The van der Waals surface area contributed by atoms with Gasteiger partial charge in [0.15, 0.2) is 11.5 Å². The number of fused-ring (bicyclic) bond motifs is 1. The molecule has 1 N–H and O–H groups in total. The van der Waals surface area contributed by atoms with Crippen LogP contribution in [0.15, 0.2) is 18.2 Å². The summed E-state index contributed by atoms with van der Waals surface area (Å²) in [7, 11) is 0.